The molecule has 3 atom stereocenters. The Hall–Kier alpha value is -2.12. The third kappa shape index (κ3) is 4.83. The van der Waals surface area contributed by atoms with Gasteiger partial charge in [0, 0.05) is 6.61 Å². The quantitative estimate of drug-likeness (QED) is 0.687. The number of nitriles is 1. The first-order valence-electron chi connectivity index (χ1n) is 8.79. The number of hydrogen-bond acceptors (Lipinski definition) is 5. The molecule has 1 fully saturated rings. The molecule has 1 saturated carbocycles. The van der Waals surface area contributed by atoms with Crippen LogP contribution in [0.5, 0.6) is 0 Å². The summed E-state index contributed by atoms with van der Waals surface area (Å²) in [6.07, 6.45) is -5.17. The van der Waals surface area contributed by atoms with Crippen LogP contribution < -0.4 is 5.32 Å². The van der Waals surface area contributed by atoms with E-state index in [-0.39, 0.29) is 19.4 Å². The van der Waals surface area contributed by atoms with Gasteiger partial charge in [0.1, 0.15) is 6.54 Å². The molecule has 1 aromatic rings. The van der Waals surface area contributed by atoms with Gasteiger partial charge in [-0.3, -0.25) is 4.79 Å². The summed E-state index contributed by atoms with van der Waals surface area (Å²) in [7, 11) is -4.34. The zero-order valence-electron chi connectivity index (χ0n) is 15.2. The number of carbonyl (C=O) groups excluding carboxylic acids is 1. The van der Waals surface area contributed by atoms with Crippen molar-refractivity contribution < 1.29 is 31.1 Å². The fraction of sp³-hybridized carbons (Fsp3) is 0.556. The Morgan fingerprint density at radius 3 is 2.61 bits per heavy atom. The second-order valence-electron chi connectivity index (χ2n) is 6.52. The second kappa shape index (κ2) is 8.92. The maximum atomic E-state index is 13.3. The van der Waals surface area contributed by atoms with Gasteiger partial charge in [0.25, 0.3) is 0 Å². The third-order valence-electron chi connectivity index (χ3n) is 4.61. The highest BCUT2D eigenvalue weighted by atomic mass is 32.2. The topological polar surface area (TPSA) is 96.3 Å². The zero-order chi connectivity index (χ0) is 20.9. The van der Waals surface area contributed by atoms with Crippen molar-refractivity contribution in [2.75, 3.05) is 13.2 Å². The van der Waals surface area contributed by atoms with Crippen molar-refractivity contribution in [3.05, 3.63) is 29.8 Å². The fourth-order valence-electron chi connectivity index (χ4n) is 3.32. The molecule has 1 aromatic carbocycles. The van der Waals surface area contributed by atoms with Gasteiger partial charge < -0.3 is 10.1 Å². The van der Waals surface area contributed by atoms with E-state index in [2.05, 4.69) is 5.32 Å². The van der Waals surface area contributed by atoms with Gasteiger partial charge in [-0.25, -0.2) is 8.42 Å². The summed E-state index contributed by atoms with van der Waals surface area (Å²) in [5.41, 5.74) is -1.22. The molecule has 1 N–H and O–H groups in total. The molecule has 1 aliphatic carbocycles. The summed E-state index contributed by atoms with van der Waals surface area (Å²) in [5.74, 6) is -1.39. The lowest BCUT2D eigenvalue weighted by atomic mass is 10.1. The van der Waals surface area contributed by atoms with Crippen LogP contribution in [0.25, 0.3) is 0 Å². The monoisotopic (exact) mass is 418 g/mol. The second-order valence-corrected chi connectivity index (χ2v) is 8.72. The van der Waals surface area contributed by atoms with E-state index in [9.17, 15) is 26.4 Å². The number of carbonyl (C=O) groups is 1. The summed E-state index contributed by atoms with van der Waals surface area (Å²) >= 11 is 0. The van der Waals surface area contributed by atoms with Crippen LogP contribution in [-0.4, -0.2) is 38.8 Å². The molecule has 0 heterocycles. The van der Waals surface area contributed by atoms with Gasteiger partial charge in [-0.2, -0.15) is 18.4 Å². The van der Waals surface area contributed by atoms with Gasteiger partial charge in [-0.05, 0) is 31.4 Å². The van der Waals surface area contributed by atoms with Crippen molar-refractivity contribution in [3.8, 4) is 6.07 Å². The first-order chi connectivity index (χ1) is 13.1. The van der Waals surface area contributed by atoms with Crippen LogP contribution >= 0.6 is 0 Å². The van der Waals surface area contributed by atoms with Gasteiger partial charge in [-0.15, -0.1) is 0 Å². The number of benzene rings is 1. The van der Waals surface area contributed by atoms with E-state index in [1.165, 1.54) is 6.07 Å². The summed E-state index contributed by atoms with van der Waals surface area (Å²) in [6, 6.07) is 5.78. The van der Waals surface area contributed by atoms with Gasteiger partial charge >= 0.3 is 6.18 Å². The van der Waals surface area contributed by atoms with Crippen molar-refractivity contribution in [1.29, 1.82) is 5.26 Å². The van der Waals surface area contributed by atoms with E-state index in [1.807, 2.05) is 6.92 Å². The number of alkyl halides is 3. The number of rotatable bonds is 7. The van der Waals surface area contributed by atoms with Crippen LogP contribution in [0.3, 0.4) is 0 Å². The molecular formula is C18H21F3N2O4S. The molecule has 1 aliphatic rings. The first kappa shape index (κ1) is 22.2. The number of nitrogens with one attached hydrogen (secondary N) is 1. The molecular weight excluding hydrogens is 397 g/mol. The van der Waals surface area contributed by atoms with E-state index in [1.54, 1.807) is 6.07 Å². The fourth-order valence-corrected chi connectivity index (χ4v) is 5.34. The van der Waals surface area contributed by atoms with E-state index in [0.29, 0.717) is 13.0 Å². The maximum absolute atomic E-state index is 13.3. The molecule has 0 saturated heterocycles. The standard InChI is InChI=1S/C18H21F3N2O4S/c1-2-9-27-15-11-12(10-13(15)17(24)23-8-7-22)28(25,26)16-6-4-3-5-14(16)18(19,20)21/h3-6,12-13,15H,2,8-11H2,1H3,(H,23,24)/t12?,13-,15-/m0/s1. The van der Waals surface area contributed by atoms with Gasteiger partial charge in [0.15, 0.2) is 9.84 Å². The van der Waals surface area contributed by atoms with Gasteiger partial charge in [-0.1, -0.05) is 19.1 Å². The average molecular weight is 418 g/mol. The van der Waals surface area contributed by atoms with Crippen molar-refractivity contribution >= 4 is 15.7 Å². The summed E-state index contributed by atoms with van der Waals surface area (Å²) in [4.78, 5) is 11.5. The van der Waals surface area contributed by atoms with E-state index in [0.717, 1.165) is 18.2 Å². The van der Waals surface area contributed by atoms with Crippen molar-refractivity contribution in [3.63, 3.8) is 0 Å². The Balaban J connectivity index is 2.34. The Labute approximate surface area is 161 Å². The molecule has 1 unspecified atom stereocenters. The molecule has 154 valence electrons. The first-order valence-corrected chi connectivity index (χ1v) is 10.3. The average Bonchev–Trinajstić information content (AvgIpc) is 3.09. The summed E-state index contributed by atoms with van der Waals surface area (Å²) in [5, 5.41) is 9.79. The highest BCUT2D eigenvalue weighted by molar-refractivity contribution is 7.92. The molecule has 1 amide bonds. The minimum absolute atomic E-state index is 0.0842. The van der Waals surface area contributed by atoms with E-state index in [4.69, 9.17) is 10.00 Å². The lowest BCUT2D eigenvalue weighted by Crippen LogP contribution is -2.36. The predicted molar refractivity (Wildman–Crippen MR) is 93.8 cm³/mol. The van der Waals surface area contributed by atoms with Crippen LogP contribution in [0.2, 0.25) is 0 Å². The van der Waals surface area contributed by atoms with Crippen molar-refractivity contribution in [1.82, 2.24) is 5.32 Å². The Morgan fingerprint density at radius 1 is 1.32 bits per heavy atom. The molecule has 0 aliphatic heterocycles. The number of ether oxygens (including phenoxy) is 1. The van der Waals surface area contributed by atoms with Crippen LogP contribution in [0, 0.1) is 17.2 Å². The molecule has 0 radical (unpaired) electrons. The molecule has 10 heteroatoms. The SMILES string of the molecule is CCCO[C@H]1CC(S(=O)(=O)c2ccccc2C(F)(F)F)C[C@@H]1C(=O)NCC#N. The van der Waals surface area contributed by atoms with Crippen LogP contribution in [0.15, 0.2) is 29.2 Å². The molecule has 2 rings (SSSR count). The van der Waals surface area contributed by atoms with E-state index < -0.39 is 49.7 Å². The normalized spacial score (nSPS) is 22.6. The number of nitrogens with zero attached hydrogens (tertiary/aromatic N) is 1. The van der Waals surface area contributed by atoms with Crippen LogP contribution in [0.4, 0.5) is 13.2 Å². The highest BCUT2D eigenvalue weighted by Crippen LogP contribution is 2.40. The van der Waals surface area contributed by atoms with Gasteiger partial charge in [0.05, 0.1) is 33.8 Å². The van der Waals surface area contributed by atoms with Crippen LogP contribution in [-0.2, 0) is 25.5 Å². The molecule has 28 heavy (non-hydrogen) atoms. The zero-order valence-corrected chi connectivity index (χ0v) is 16.0. The van der Waals surface area contributed by atoms with Crippen LogP contribution in [0.1, 0.15) is 31.7 Å². The minimum Gasteiger partial charge on any atom is -0.377 e. The van der Waals surface area contributed by atoms with Crippen molar-refractivity contribution in [2.45, 2.75) is 48.6 Å². The Morgan fingerprint density at radius 2 is 2.00 bits per heavy atom. The Kier molecular flexibility index (Phi) is 7.06. The lowest BCUT2D eigenvalue weighted by Gasteiger charge is -2.18. The highest BCUT2D eigenvalue weighted by Gasteiger charge is 2.47. The number of sulfone groups is 1. The number of hydrogen-bond donors (Lipinski definition) is 1. The molecule has 6 nitrogen and oxygen atoms in total. The smallest absolute Gasteiger partial charge is 0.377 e. The molecule has 0 bridgehead atoms. The largest absolute Gasteiger partial charge is 0.417 e. The van der Waals surface area contributed by atoms with Crippen molar-refractivity contribution in [2.24, 2.45) is 5.92 Å². The maximum Gasteiger partial charge on any atom is 0.417 e. The van der Waals surface area contributed by atoms with E-state index >= 15 is 0 Å². The molecule has 0 aromatic heterocycles. The third-order valence-corrected chi connectivity index (χ3v) is 6.84. The molecule has 0 spiro atoms. The van der Waals surface area contributed by atoms with Gasteiger partial charge in [0.2, 0.25) is 5.91 Å². The Bertz CT molecular complexity index is 849. The lowest BCUT2D eigenvalue weighted by molar-refractivity contribution is -0.139. The minimum atomic E-state index is -4.82. The number of halogens is 3. The summed E-state index contributed by atoms with van der Waals surface area (Å²) < 4.78 is 71.3. The number of amides is 1. The predicted octanol–water partition coefficient (Wildman–Crippen LogP) is 2.69. The summed E-state index contributed by atoms with van der Waals surface area (Å²) in [6.45, 7) is 1.89.